The van der Waals surface area contributed by atoms with E-state index in [1.54, 1.807) is 0 Å². The lowest BCUT2D eigenvalue weighted by atomic mass is 10.1. The molecule has 0 amide bonds. The van der Waals surface area contributed by atoms with Crippen molar-refractivity contribution in [1.82, 2.24) is 5.32 Å². The quantitative estimate of drug-likeness (QED) is 0.661. The molecule has 0 bridgehead atoms. The molecule has 0 aromatic rings. The Morgan fingerprint density at radius 3 is 2.42 bits per heavy atom. The lowest BCUT2D eigenvalue weighted by Gasteiger charge is -2.21. The molecule has 0 spiro atoms. The molecule has 0 radical (unpaired) electrons. The van der Waals surface area contributed by atoms with Crippen LogP contribution in [0.4, 0.5) is 0 Å². The Morgan fingerprint density at radius 2 is 2.00 bits per heavy atom. The van der Waals surface area contributed by atoms with Crippen molar-refractivity contribution in [2.45, 2.75) is 52.1 Å². The third-order valence-corrected chi connectivity index (χ3v) is 2.84. The van der Waals surface area contributed by atoms with Crippen LogP contribution in [0.25, 0.3) is 0 Å². The maximum atomic E-state index is 3.65. The zero-order valence-corrected chi connectivity index (χ0v) is 9.71. The number of hydrogen-bond donors (Lipinski definition) is 1. The zero-order valence-electron chi connectivity index (χ0n) is 8.89. The van der Waals surface area contributed by atoms with Crippen LogP contribution in [0.2, 0.25) is 0 Å². The van der Waals surface area contributed by atoms with Crippen LogP contribution in [0.5, 0.6) is 0 Å². The normalized spacial score (nSPS) is 16.0. The smallest absolute Gasteiger partial charge is 0.0157 e. The Kier molecular flexibility index (Phi) is 8.14. The van der Waals surface area contributed by atoms with Crippen LogP contribution in [0.3, 0.4) is 0 Å². The first-order valence-electron chi connectivity index (χ1n) is 4.99. The fraction of sp³-hybridized carbons (Fsp3) is 1.00. The maximum absolute atomic E-state index is 3.65. The first-order chi connectivity index (χ1) is 5.74. The van der Waals surface area contributed by atoms with E-state index in [1.807, 2.05) is 11.8 Å². The Hall–Kier alpha value is 0.310. The molecular weight excluding hydrogens is 166 g/mol. The molecule has 0 rings (SSSR count). The summed E-state index contributed by atoms with van der Waals surface area (Å²) in [6.07, 6.45) is 6.00. The van der Waals surface area contributed by atoms with E-state index in [9.17, 15) is 0 Å². The molecule has 0 aliphatic rings. The SMILES string of the molecule is CCCC(C)NC(CC)CSC. The van der Waals surface area contributed by atoms with Crippen molar-refractivity contribution in [1.29, 1.82) is 0 Å². The van der Waals surface area contributed by atoms with Crippen LogP contribution >= 0.6 is 11.8 Å². The van der Waals surface area contributed by atoms with Gasteiger partial charge < -0.3 is 5.32 Å². The van der Waals surface area contributed by atoms with E-state index >= 15 is 0 Å². The van der Waals surface area contributed by atoms with Gasteiger partial charge >= 0.3 is 0 Å². The third kappa shape index (κ3) is 5.90. The predicted molar refractivity (Wildman–Crippen MR) is 60.0 cm³/mol. The first-order valence-corrected chi connectivity index (χ1v) is 6.38. The number of rotatable bonds is 7. The molecule has 0 aromatic heterocycles. The van der Waals surface area contributed by atoms with Crippen molar-refractivity contribution in [3.63, 3.8) is 0 Å². The average Bonchev–Trinajstić information content (AvgIpc) is 2.04. The maximum Gasteiger partial charge on any atom is 0.0157 e. The highest BCUT2D eigenvalue weighted by Gasteiger charge is 2.07. The van der Waals surface area contributed by atoms with Gasteiger partial charge in [-0.25, -0.2) is 0 Å². The van der Waals surface area contributed by atoms with Gasteiger partial charge in [-0.15, -0.1) is 0 Å². The van der Waals surface area contributed by atoms with Crippen LogP contribution in [-0.2, 0) is 0 Å². The highest BCUT2D eigenvalue weighted by Crippen LogP contribution is 2.04. The van der Waals surface area contributed by atoms with E-state index in [4.69, 9.17) is 0 Å². The molecule has 0 heterocycles. The van der Waals surface area contributed by atoms with Crippen LogP contribution in [0.15, 0.2) is 0 Å². The average molecular weight is 189 g/mol. The van der Waals surface area contributed by atoms with Gasteiger partial charge in [-0.3, -0.25) is 0 Å². The summed E-state index contributed by atoms with van der Waals surface area (Å²) in [5, 5.41) is 3.65. The monoisotopic (exact) mass is 189 g/mol. The highest BCUT2D eigenvalue weighted by atomic mass is 32.2. The molecule has 12 heavy (non-hydrogen) atoms. The van der Waals surface area contributed by atoms with Crippen LogP contribution < -0.4 is 5.32 Å². The largest absolute Gasteiger partial charge is 0.311 e. The summed E-state index contributed by atoms with van der Waals surface area (Å²) in [7, 11) is 0. The Bertz CT molecular complexity index is 95.8. The van der Waals surface area contributed by atoms with Crippen molar-refractivity contribution in [2.24, 2.45) is 0 Å². The summed E-state index contributed by atoms with van der Waals surface area (Å²) in [5.41, 5.74) is 0. The Balaban J connectivity index is 3.53. The second kappa shape index (κ2) is 7.93. The molecule has 0 fully saturated rings. The lowest BCUT2D eigenvalue weighted by molar-refractivity contribution is 0.439. The molecule has 0 saturated carbocycles. The lowest BCUT2D eigenvalue weighted by Crippen LogP contribution is -2.37. The molecule has 2 unspecified atom stereocenters. The van der Waals surface area contributed by atoms with E-state index < -0.39 is 0 Å². The van der Waals surface area contributed by atoms with Gasteiger partial charge in [-0.2, -0.15) is 11.8 Å². The molecule has 2 heteroatoms. The van der Waals surface area contributed by atoms with Crippen LogP contribution in [-0.4, -0.2) is 24.1 Å². The highest BCUT2D eigenvalue weighted by molar-refractivity contribution is 7.98. The second-order valence-corrected chi connectivity index (χ2v) is 4.33. The van der Waals surface area contributed by atoms with Gasteiger partial charge in [0.15, 0.2) is 0 Å². The molecule has 74 valence electrons. The van der Waals surface area contributed by atoms with Gasteiger partial charge in [0, 0.05) is 17.8 Å². The fourth-order valence-electron chi connectivity index (χ4n) is 1.40. The van der Waals surface area contributed by atoms with E-state index in [2.05, 4.69) is 32.3 Å². The number of thioether (sulfide) groups is 1. The first kappa shape index (κ1) is 12.3. The summed E-state index contributed by atoms with van der Waals surface area (Å²) in [5.74, 6) is 1.24. The topological polar surface area (TPSA) is 12.0 Å². The van der Waals surface area contributed by atoms with E-state index in [-0.39, 0.29) is 0 Å². The fourth-order valence-corrected chi connectivity index (χ4v) is 2.14. The molecule has 0 aliphatic heterocycles. The number of hydrogen-bond acceptors (Lipinski definition) is 2. The summed E-state index contributed by atoms with van der Waals surface area (Å²) < 4.78 is 0. The number of nitrogens with one attached hydrogen (secondary N) is 1. The van der Waals surface area contributed by atoms with Gasteiger partial charge in [0.2, 0.25) is 0 Å². The zero-order chi connectivity index (χ0) is 9.40. The molecule has 1 N–H and O–H groups in total. The third-order valence-electron chi connectivity index (χ3n) is 2.10. The molecule has 1 nitrogen and oxygen atoms in total. The van der Waals surface area contributed by atoms with Crippen molar-refractivity contribution in [2.75, 3.05) is 12.0 Å². The molecule has 0 aromatic carbocycles. The van der Waals surface area contributed by atoms with E-state index in [0.717, 1.165) is 0 Å². The van der Waals surface area contributed by atoms with E-state index in [0.29, 0.717) is 12.1 Å². The Labute approximate surface area is 81.7 Å². The summed E-state index contributed by atoms with van der Waals surface area (Å²) in [4.78, 5) is 0. The van der Waals surface area contributed by atoms with Gasteiger partial charge in [-0.1, -0.05) is 20.3 Å². The van der Waals surface area contributed by atoms with Crippen LogP contribution in [0, 0.1) is 0 Å². The van der Waals surface area contributed by atoms with Gasteiger partial charge in [0.05, 0.1) is 0 Å². The summed E-state index contributed by atoms with van der Waals surface area (Å²) in [6.45, 7) is 6.78. The standard InChI is InChI=1S/C10H23NS/c1-5-7-9(3)11-10(6-2)8-12-4/h9-11H,5-8H2,1-4H3. The van der Waals surface area contributed by atoms with Crippen molar-refractivity contribution >= 4 is 11.8 Å². The van der Waals surface area contributed by atoms with Gasteiger partial charge in [0.25, 0.3) is 0 Å². The minimum absolute atomic E-state index is 0.687. The predicted octanol–water partition coefficient (Wildman–Crippen LogP) is 2.91. The second-order valence-electron chi connectivity index (χ2n) is 3.42. The minimum atomic E-state index is 0.687. The minimum Gasteiger partial charge on any atom is -0.311 e. The molecule has 2 atom stereocenters. The summed E-state index contributed by atoms with van der Waals surface area (Å²) >= 11 is 1.93. The van der Waals surface area contributed by atoms with E-state index in [1.165, 1.54) is 25.0 Å². The van der Waals surface area contributed by atoms with Crippen molar-refractivity contribution < 1.29 is 0 Å². The molecule has 0 aliphatic carbocycles. The van der Waals surface area contributed by atoms with Gasteiger partial charge in [0.1, 0.15) is 0 Å². The van der Waals surface area contributed by atoms with Crippen molar-refractivity contribution in [3.8, 4) is 0 Å². The van der Waals surface area contributed by atoms with Crippen LogP contribution in [0.1, 0.15) is 40.0 Å². The Morgan fingerprint density at radius 1 is 1.33 bits per heavy atom. The molecular formula is C10H23NS. The van der Waals surface area contributed by atoms with Crippen molar-refractivity contribution in [3.05, 3.63) is 0 Å². The van der Waals surface area contributed by atoms with Gasteiger partial charge in [-0.05, 0) is 26.0 Å². The summed E-state index contributed by atoms with van der Waals surface area (Å²) in [6, 6.07) is 1.40. The molecule has 0 saturated heterocycles.